The zero-order chi connectivity index (χ0) is 8.27. The molecule has 3 nitrogen and oxygen atoms in total. The molecule has 1 saturated heterocycles. The molecule has 0 amide bonds. The van der Waals surface area contributed by atoms with Crippen LogP contribution in [0.4, 0.5) is 0 Å². The topological polar surface area (TPSA) is 41.6 Å². The second-order valence-corrected chi connectivity index (χ2v) is 3.28. The van der Waals surface area contributed by atoms with Crippen LogP contribution in [0.15, 0.2) is 4.99 Å². The lowest BCUT2D eigenvalue weighted by Gasteiger charge is -2.31. The lowest BCUT2D eigenvalue weighted by atomic mass is 10.0. The number of piperidine rings is 1. The first kappa shape index (κ1) is 8.37. The van der Waals surface area contributed by atoms with Gasteiger partial charge in [-0.15, -0.1) is 0 Å². The normalized spacial score (nSPS) is 27.3. The van der Waals surface area contributed by atoms with E-state index in [2.05, 4.69) is 16.8 Å². The number of guanidine groups is 1. The molecule has 0 saturated carbocycles. The minimum atomic E-state index is 0.691. The predicted octanol–water partition coefficient (Wildman–Crippen LogP) is 0.663. The van der Waals surface area contributed by atoms with Crippen LogP contribution in [0.25, 0.3) is 0 Å². The second kappa shape index (κ2) is 3.60. The third-order valence-corrected chi connectivity index (χ3v) is 2.21. The molecule has 0 aromatic heterocycles. The smallest absolute Gasteiger partial charge is 0.190 e. The first-order valence-corrected chi connectivity index (χ1v) is 4.21. The second-order valence-electron chi connectivity index (χ2n) is 3.28. The van der Waals surface area contributed by atoms with Gasteiger partial charge in [-0.05, 0) is 18.8 Å². The van der Waals surface area contributed by atoms with Gasteiger partial charge in [-0.25, -0.2) is 0 Å². The van der Waals surface area contributed by atoms with E-state index in [9.17, 15) is 0 Å². The van der Waals surface area contributed by atoms with Gasteiger partial charge in [0.15, 0.2) is 5.96 Å². The van der Waals surface area contributed by atoms with Crippen molar-refractivity contribution < 1.29 is 0 Å². The monoisotopic (exact) mass is 155 g/mol. The highest BCUT2D eigenvalue weighted by Gasteiger charge is 2.16. The van der Waals surface area contributed by atoms with Crippen LogP contribution in [0.1, 0.15) is 19.8 Å². The van der Waals surface area contributed by atoms with E-state index in [-0.39, 0.29) is 0 Å². The summed E-state index contributed by atoms with van der Waals surface area (Å²) in [5.41, 5.74) is 5.69. The lowest BCUT2D eigenvalue weighted by Crippen LogP contribution is -2.43. The van der Waals surface area contributed by atoms with Gasteiger partial charge in [0, 0.05) is 20.1 Å². The highest BCUT2D eigenvalue weighted by molar-refractivity contribution is 5.77. The van der Waals surface area contributed by atoms with Crippen molar-refractivity contribution >= 4 is 5.96 Å². The van der Waals surface area contributed by atoms with Crippen molar-refractivity contribution in [3.8, 4) is 0 Å². The van der Waals surface area contributed by atoms with Gasteiger partial charge in [0.05, 0.1) is 0 Å². The molecule has 0 bridgehead atoms. The number of hydrogen-bond acceptors (Lipinski definition) is 1. The highest BCUT2D eigenvalue weighted by atomic mass is 15.2. The Morgan fingerprint density at radius 1 is 1.64 bits per heavy atom. The van der Waals surface area contributed by atoms with E-state index in [1.165, 1.54) is 12.8 Å². The molecular formula is C8H17N3. The standard InChI is InChI=1S/C8H17N3/c1-7-4-3-5-11(6-7)8(9)10-2/h7H,3-6H2,1-2H3,(H2,9,10). The molecule has 1 unspecified atom stereocenters. The molecule has 0 aliphatic carbocycles. The van der Waals surface area contributed by atoms with E-state index in [0.29, 0.717) is 5.96 Å². The average molecular weight is 155 g/mol. The first-order chi connectivity index (χ1) is 5.24. The van der Waals surface area contributed by atoms with Gasteiger partial charge in [0.2, 0.25) is 0 Å². The maximum absolute atomic E-state index is 5.69. The van der Waals surface area contributed by atoms with Crippen LogP contribution in [0, 0.1) is 5.92 Å². The fourth-order valence-corrected chi connectivity index (χ4v) is 1.54. The van der Waals surface area contributed by atoms with Crippen molar-refractivity contribution in [1.29, 1.82) is 0 Å². The molecule has 3 heteroatoms. The molecule has 0 aromatic rings. The summed E-state index contributed by atoms with van der Waals surface area (Å²) in [4.78, 5) is 6.13. The molecule has 0 spiro atoms. The van der Waals surface area contributed by atoms with Gasteiger partial charge in [0.25, 0.3) is 0 Å². The number of likely N-dealkylation sites (tertiary alicyclic amines) is 1. The Morgan fingerprint density at radius 3 is 2.91 bits per heavy atom. The van der Waals surface area contributed by atoms with Crippen molar-refractivity contribution in [2.24, 2.45) is 16.6 Å². The Kier molecular flexibility index (Phi) is 2.74. The Bertz CT molecular complexity index is 153. The largest absolute Gasteiger partial charge is 0.370 e. The van der Waals surface area contributed by atoms with E-state index >= 15 is 0 Å². The van der Waals surface area contributed by atoms with Crippen LogP contribution < -0.4 is 5.73 Å². The molecule has 11 heavy (non-hydrogen) atoms. The quantitative estimate of drug-likeness (QED) is 0.412. The zero-order valence-electron chi connectivity index (χ0n) is 7.38. The third-order valence-electron chi connectivity index (χ3n) is 2.21. The van der Waals surface area contributed by atoms with Crippen LogP contribution in [0.3, 0.4) is 0 Å². The van der Waals surface area contributed by atoms with Crippen molar-refractivity contribution in [3.05, 3.63) is 0 Å². The first-order valence-electron chi connectivity index (χ1n) is 4.21. The number of nitrogens with two attached hydrogens (primary N) is 1. The van der Waals surface area contributed by atoms with Crippen LogP contribution in [0.2, 0.25) is 0 Å². The number of hydrogen-bond donors (Lipinski definition) is 1. The van der Waals surface area contributed by atoms with Crippen LogP contribution in [-0.4, -0.2) is 31.0 Å². The van der Waals surface area contributed by atoms with Gasteiger partial charge in [-0.3, -0.25) is 4.99 Å². The highest BCUT2D eigenvalue weighted by Crippen LogP contribution is 2.14. The maximum atomic E-state index is 5.69. The summed E-state index contributed by atoms with van der Waals surface area (Å²) in [6, 6.07) is 0. The number of aliphatic imine (C=N–C) groups is 1. The van der Waals surface area contributed by atoms with E-state index in [1.54, 1.807) is 7.05 Å². The molecule has 1 heterocycles. The van der Waals surface area contributed by atoms with Gasteiger partial charge in [-0.2, -0.15) is 0 Å². The molecule has 1 atom stereocenters. The fourth-order valence-electron chi connectivity index (χ4n) is 1.54. The number of nitrogens with zero attached hydrogens (tertiary/aromatic N) is 2. The number of rotatable bonds is 0. The zero-order valence-corrected chi connectivity index (χ0v) is 7.38. The van der Waals surface area contributed by atoms with E-state index in [0.717, 1.165) is 19.0 Å². The van der Waals surface area contributed by atoms with Crippen molar-refractivity contribution in [2.45, 2.75) is 19.8 Å². The van der Waals surface area contributed by atoms with Gasteiger partial charge in [-0.1, -0.05) is 6.92 Å². The molecule has 1 fully saturated rings. The van der Waals surface area contributed by atoms with Crippen molar-refractivity contribution in [2.75, 3.05) is 20.1 Å². The predicted molar refractivity (Wildman–Crippen MR) is 47.5 cm³/mol. The Labute approximate surface area is 68.3 Å². The van der Waals surface area contributed by atoms with Gasteiger partial charge >= 0.3 is 0 Å². The maximum Gasteiger partial charge on any atom is 0.190 e. The summed E-state index contributed by atoms with van der Waals surface area (Å²) in [6.07, 6.45) is 2.57. The molecule has 64 valence electrons. The summed E-state index contributed by atoms with van der Waals surface area (Å²) in [5, 5.41) is 0. The van der Waals surface area contributed by atoms with E-state index in [4.69, 9.17) is 5.73 Å². The molecule has 1 rings (SSSR count). The SMILES string of the molecule is CN=C(N)N1CCCC(C)C1. The van der Waals surface area contributed by atoms with Crippen LogP contribution in [-0.2, 0) is 0 Å². The Hall–Kier alpha value is -0.730. The minimum absolute atomic E-state index is 0.691. The molecular weight excluding hydrogens is 138 g/mol. The Balaban J connectivity index is 2.46. The molecule has 0 aromatic carbocycles. The van der Waals surface area contributed by atoms with Crippen molar-refractivity contribution in [3.63, 3.8) is 0 Å². The summed E-state index contributed by atoms with van der Waals surface area (Å²) < 4.78 is 0. The summed E-state index contributed by atoms with van der Waals surface area (Å²) in [5.74, 6) is 1.46. The lowest BCUT2D eigenvalue weighted by molar-refractivity contribution is 0.270. The fraction of sp³-hybridized carbons (Fsp3) is 0.875. The molecule has 1 aliphatic heterocycles. The van der Waals surface area contributed by atoms with Crippen molar-refractivity contribution in [1.82, 2.24) is 4.90 Å². The summed E-state index contributed by atoms with van der Waals surface area (Å²) >= 11 is 0. The third kappa shape index (κ3) is 2.10. The summed E-state index contributed by atoms with van der Waals surface area (Å²) in [6.45, 7) is 4.41. The van der Waals surface area contributed by atoms with Crippen LogP contribution in [0.5, 0.6) is 0 Å². The van der Waals surface area contributed by atoms with Crippen LogP contribution >= 0.6 is 0 Å². The Morgan fingerprint density at radius 2 is 2.36 bits per heavy atom. The average Bonchev–Trinajstić information content (AvgIpc) is 2.03. The summed E-state index contributed by atoms with van der Waals surface area (Å²) in [7, 11) is 1.74. The molecule has 2 N–H and O–H groups in total. The minimum Gasteiger partial charge on any atom is -0.370 e. The van der Waals surface area contributed by atoms with E-state index < -0.39 is 0 Å². The van der Waals surface area contributed by atoms with Gasteiger partial charge in [0.1, 0.15) is 0 Å². The van der Waals surface area contributed by atoms with E-state index in [1.807, 2.05) is 0 Å². The molecule has 0 radical (unpaired) electrons. The molecule has 1 aliphatic rings. The van der Waals surface area contributed by atoms with Gasteiger partial charge < -0.3 is 10.6 Å².